The van der Waals surface area contributed by atoms with Gasteiger partial charge >= 0.3 is 11.9 Å². The van der Waals surface area contributed by atoms with Gasteiger partial charge in [0.25, 0.3) is 0 Å². The molecule has 0 aliphatic heterocycles. The zero-order valence-electron chi connectivity index (χ0n) is 11.3. The molecule has 9 heteroatoms. The van der Waals surface area contributed by atoms with E-state index < -0.39 is 28.0 Å². The zero-order valence-corrected chi connectivity index (χ0v) is 13.7. The maximum Gasteiger partial charge on any atom is 0.321 e. The fraction of sp³-hybridized carbons (Fsp3) is 0.333. The van der Waals surface area contributed by atoms with Crippen LogP contribution in [0, 0.1) is 0 Å². The Balaban J connectivity index is 3.22. The second-order valence-corrected chi connectivity index (χ2v) is 6.78. The van der Waals surface area contributed by atoms with Crippen LogP contribution < -0.4 is 4.72 Å². The largest absolute Gasteiger partial charge is 0.480 e. The van der Waals surface area contributed by atoms with Crippen LogP contribution in [0.3, 0.4) is 0 Å². The van der Waals surface area contributed by atoms with Crippen molar-refractivity contribution >= 4 is 37.9 Å². The lowest BCUT2D eigenvalue weighted by Crippen LogP contribution is -2.38. The highest BCUT2D eigenvalue weighted by molar-refractivity contribution is 9.10. The van der Waals surface area contributed by atoms with E-state index in [-0.39, 0.29) is 16.9 Å². The average Bonchev–Trinajstić information content (AvgIpc) is 2.37. The highest BCUT2D eigenvalue weighted by Gasteiger charge is 2.25. The van der Waals surface area contributed by atoms with Crippen LogP contribution in [0.4, 0.5) is 0 Å². The molecule has 1 aromatic rings. The van der Waals surface area contributed by atoms with Gasteiger partial charge in [-0.1, -0.05) is 15.9 Å². The number of methoxy groups -OCH3 is 1. The van der Waals surface area contributed by atoms with Gasteiger partial charge in [0, 0.05) is 4.47 Å². The van der Waals surface area contributed by atoms with Crippen LogP contribution in [0.25, 0.3) is 0 Å². The fourth-order valence-electron chi connectivity index (χ4n) is 1.52. The van der Waals surface area contributed by atoms with E-state index in [2.05, 4.69) is 20.7 Å². The number of hydrogen-bond acceptors (Lipinski definition) is 5. The molecule has 1 unspecified atom stereocenters. The summed E-state index contributed by atoms with van der Waals surface area (Å²) in [4.78, 5) is 22.0. The third-order valence-electron chi connectivity index (χ3n) is 2.58. The topological polar surface area (TPSA) is 110 Å². The van der Waals surface area contributed by atoms with Gasteiger partial charge in [0.2, 0.25) is 10.0 Å². The molecule has 0 aromatic heterocycles. The van der Waals surface area contributed by atoms with E-state index in [0.717, 1.165) is 0 Å². The van der Waals surface area contributed by atoms with E-state index in [9.17, 15) is 18.0 Å². The predicted octanol–water partition coefficient (Wildman–Crippen LogP) is 0.916. The molecule has 21 heavy (non-hydrogen) atoms. The van der Waals surface area contributed by atoms with Crippen LogP contribution in [0.15, 0.2) is 27.6 Å². The van der Waals surface area contributed by atoms with Crippen LogP contribution >= 0.6 is 15.9 Å². The summed E-state index contributed by atoms with van der Waals surface area (Å²) >= 11 is 3.19. The smallest absolute Gasteiger partial charge is 0.321 e. The lowest BCUT2D eigenvalue weighted by molar-refractivity contribution is -0.140. The van der Waals surface area contributed by atoms with E-state index in [0.29, 0.717) is 4.47 Å². The normalized spacial score (nSPS) is 12.7. The van der Waals surface area contributed by atoms with Gasteiger partial charge in [-0.3, -0.25) is 9.59 Å². The summed E-state index contributed by atoms with van der Waals surface area (Å²) in [6.07, 6.45) is -0.242. The summed E-state index contributed by atoms with van der Waals surface area (Å²) in [6.45, 7) is 1.21. The Labute approximate surface area is 130 Å². The second kappa shape index (κ2) is 7.01. The molecule has 0 spiro atoms. The number of ether oxygens (including phenoxy) is 1. The second-order valence-electron chi connectivity index (χ2n) is 4.19. The molecule has 0 heterocycles. The monoisotopic (exact) mass is 379 g/mol. The highest BCUT2D eigenvalue weighted by atomic mass is 79.9. The Hall–Kier alpha value is -1.45. The van der Waals surface area contributed by atoms with Gasteiger partial charge in [-0.05, 0) is 30.7 Å². The Bertz CT molecular complexity index is 658. The molecule has 1 atom stereocenters. The summed E-state index contributed by atoms with van der Waals surface area (Å²) < 4.78 is 31.5. The summed E-state index contributed by atoms with van der Waals surface area (Å²) in [5, 5.41) is 8.78. The number of esters is 1. The van der Waals surface area contributed by atoms with E-state index in [4.69, 9.17) is 5.11 Å². The average molecular weight is 380 g/mol. The number of carbonyl (C=O) groups excluding carboxylic acids is 1. The van der Waals surface area contributed by atoms with Crippen LogP contribution in [0.5, 0.6) is 0 Å². The Morgan fingerprint density at radius 1 is 1.43 bits per heavy atom. The molecule has 0 radical (unpaired) electrons. The molecule has 1 rings (SSSR count). The number of carboxylic acid groups (broad SMARTS) is 1. The minimum atomic E-state index is -4.07. The quantitative estimate of drug-likeness (QED) is 0.711. The lowest BCUT2D eigenvalue weighted by Gasteiger charge is -2.13. The summed E-state index contributed by atoms with van der Waals surface area (Å²) in [6, 6.07) is 2.96. The van der Waals surface area contributed by atoms with Crippen molar-refractivity contribution < 1.29 is 27.9 Å². The van der Waals surface area contributed by atoms with Gasteiger partial charge in [0.15, 0.2) is 0 Å². The third-order valence-corrected chi connectivity index (χ3v) is 4.71. The molecule has 0 saturated heterocycles. The van der Waals surface area contributed by atoms with Crippen molar-refractivity contribution in [1.82, 2.24) is 4.72 Å². The molecule has 7 nitrogen and oxygen atoms in total. The Morgan fingerprint density at radius 2 is 2.05 bits per heavy atom. The predicted molar refractivity (Wildman–Crippen MR) is 77.3 cm³/mol. The summed E-state index contributed by atoms with van der Waals surface area (Å²) in [5.74, 6) is -1.90. The Kier molecular flexibility index (Phi) is 5.87. The molecule has 2 N–H and O–H groups in total. The van der Waals surface area contributed by atoms with Gasteiger partial charge in [-0.15, -0.1) is 0 Å². The first-order valence-corrected chi connectivity index (χ1v) is 8.05. The fourth-order valence-corrected chi connectivity index (χ4v) is 3.35. The summed E-state index contributed by atoms with van der Waals surface area (Å²) in [5.41, 5.74) is 0.210. The number of hydrogen-bond donors (Lipinski definition) is 2. The van der Waals surface area contributed by atoms with Crippen molar-refractivity contribution in [2.45, 2.75) is 24.3 Å². The summed E-state index contributed by atoms with van der Waals surface area (Å²) in [7, 11) is -2.87. The lowest BCUT2D eigenvalue weighted by atomic mass is 10.1. The Morgan fingerprint density at radius 3 is 2.57 bits per heavy atom. The third kappa shape index (κ3) is 4.80. The number of sulfonamides is 1. The van der Waals surface area contributed by atoms with Crippen molar-refractivity contribution in [2.75, 3.05) is 7.11 Å². The van der Waals surface area contributed by atoms with Crippen LogP contribution in [0.1, 0.15) is 12.5 Å². The minimum absolute atomic E-state index is 0.163. The molecule has 0 fully saturated rings. The van der Waals surface area contributed by atoms with E-state index in [1.54, 1.807) is 0 Å². The van der Waals surface area contributed by atoms with Gasteiger partial charge in [0.1, 0.15) is 6.04 Å². The molecule has 0 bridgehead atoms. The molecule has 0 aliphatic rings. The van der Waals surface area contributed by atoms with Gasteiger partial charge < -0.3 is 9.84 Å². The van der Waals surface area contributed by atoms with Crippen LogP contribution in [-0.4, -0.2) is 38.6 Å². The molecule has 0 saturated carbocycles. The minimum Gasteiger partial charge on any atom is -0.480 e. The molecular formula is C12H14BrNO6S. The van der Waals surface area contributed by atoms with Gasteiger partial charge in [-0.2, -0.15) is 4.72 Å². The maximum absolute atomic E-state index is 12.2. The molecule has 0 aliphatic carbocycles. The number of benzene rings is 1. The highest BCUT2D eigenvalue weighted by Crippen LogP contribution is 2.22. The number of nitrogens with one attached hydrogen (secondary N) is 1. The standard InChI is InChI=1S/C12H14BrNO6S/c1-7(12(16)17)14-21(18,19)10-4-3-9(13)5-8(10)6-11(15)20-2/h3-5,7,14H,6H2,1-2H3,(H,16,17). The van der Waals surface area contributed by atoms with Crippen LogP contribution in [-0.2, 0) is 30.8 Å². The number of halogens is 1. The molecule has 1 aromatic carbocycles. The number of carbonyl (C=O) groups is 2. The van der Waals surface area contributed by atoms with E-state index >= 15 is 0 Å². The number of rotatable bonds is 6. The number of aliphatic carboxylic acids is 1. The number of carboxylic acids is 1. The van der Waals surface area contributed by atoms with Crippen molar-refractivity contribution in [3.8, 4) is 0 Å². The van der Waals surface area contributed by atoms with E-state index in [1.807, 2.05) is 4.72 Å². The van der Waals surface area contributed by atoms with Gasteiger partial charge in [0.05, 0.1) is 18.4 Å². The van der Waals surface area contributed by atoms with Crippen LogP contribution in [0.2, 0.25) is 0 Å². The first-order valence-electron chi connectivity index (χ1n) is 5.77. The first kappa shape index (κ1) is 17.6. The van der Waals surface area contributed by atoms with E-state index in [1.165, 1.54) is 32.2 Å². The zero-order chi connectivity index (χ0) is 16.2. The molecular weight excluding hydrogens is 366 g/mol. The molecule has 116 valence electrons. The maximum atomic E-state index is 12.2. The van der Waals surface area contributed by atoms with Crippen molar-refractivity contribution in [3.63, 3.8) is 0 Å². The SMILES string of the molecule is COC(=O)Cc1cc(Br)ccc1S(=O)(=O)NC(C)C(=O)O. The van der Waals surface area contributed by atoms with Crippen molar-refractivity contribution in [2.24, 2.45) is 0 Å². The molecule has 0 amide bonds. The van der Waals surface area contributed by atoms with Crippen molar-refractivity contribution in [1.29, 1.82) is 0 Å². The van der Waals surface area contributed by atoms with Crippen molar-refractivity contribution in [3.05, 3.63) is 28.2 Å². The first-order chi connectivity index (χ1) is 9.67. The van der Waals surface area contributed by atoms with Gasteiger partial charge in [-0.25, -0.2) is 8.42 Å².